The van der Waals surface area contributed by atoms with Crippen LogP contribution < -0.4 is 10.9 Å². The topological polar surface area (TPSA) is 112 Å². The molecule has 3 N–H and O–H groups in total. The fourth-order valence-electron chi connectivity index (χ4n) is 2.68. The van der Waals surface area contributed by atoms with Crippen LogP contribution in [0.2, 0.25) is 0 Å². The number of carboxylic acids is 1. The van der Waals surface area contributed by atoms with E-state index < -0.39 is 22.9 Å². The molecule has 0 radical (unpaired) electrons. The van der Waals surface area contributed by atoms with Crippen LogP contribution in [0.5, 0.6) is 0 Å². The summed E-state index contributed by atoms with van der Waals surface area (Å²) in [5.74, 6) is -1.34. The van der Waals surface area contributed by atoms with Crippen LogP contribution in [0.3, 0.4) is 0 Å². The Hall–Kier alpha value is -2.18. The van der Waals surface area contributed by atoms with Gasteiger partial charge in [0.15, 0.2) is 0 Å². The summed E-state index contributed by atoms with van der Waals surface area (Å²) in [6.45, 7) is 0.0853. The SMILES string of the molecule is O=C(NCC1(C(=O)O)CCCCCC1)c1ccc(=O)[nH]n1. The molecule has 1 aliphatic rings. The predicted octanol–water partition coefficient (Wildman–Crippen LogP) is 0.925. The zero-order chi connectivity index (χ0) is 15.3. The number of rotatable bonds is 4. The van der Waals surface area contributed by atoms with E-state index in [9.17, 15) is 19.5 Å². The third-order valence-corrected chi connectivity index (χ3v) is 4.01. The van der Waals surface area contributed by atoms with Crippen LogP contribution in [0, 0.1) is 5.41 Å². The van der Waals surface area contributed by atoms with Crippen molar-refractivity contribution in [2.75, 3.05) is 6.54 Å². The van der Waals surface area contributed by atoms with Crippen LogP contribution in [0.4, 0.5) is 0 Å². The van der Waals surface area contributed by atoms with Gasteiger partial charge >= 0.3 is 5.97 Å². The molecule has 7 heteroatoms. The van der Waals surface area contributed by atoms with E-state index in [0.29, 0.717) is 12.8 Å². The molecule has 0 spiro atoms. The number of carbonyl (C=O) groups is 2. The van der Waals surface area contributed by atoms with Crippen LogP contribution in [-0.4, -0.2) is 33.7 Å². The number of aliphatic carboxylic acids is 1. The van der Waals surface area contributed by atoms with Crippen molar-refractivity contribution in [3.63, 3.8) is 0 Å². The van der Waals surface area contributed by atoms with Gasteiger partial charge in [0.05, 0.1) is 5.41 Å². The third kappa shape index (κ3) is 3.68. The van der Waals surface area contributed by atoms with Crippen molar-refractivity contribution < 1.29 is 14.7 Å². The van der Waals surface area contributed by atoms with E-state index in [4.69, 9.17) is 0 Å². The fourth-order valence-corrected chi connectivity index (χ4v) is 2.68. The average Bonchev–Trinajstić information content (AvgIpc) is 2.72. The number of hydrogen-bond acceptors (Lipinski definition) is 4. The first-order valence-electron chi connectivity index (χ1n) is 7.11. The first-order chi connectivity index (χ1) is 10.0. The van der Waals surface area contributed by atoms with E-state index in [1.807, 2.05) is 0 Å². The van der Waals surface area contributed by atoms with E-state index in [2.05, 4.69) is 15.5 Å². The minimum atomic E-state index is -0.894. The van der Waals surface area contributed by atoms with Crippen molar-refractivity contribution in [3.8, 4) is 0 Å². The van der Waals surface area contributed by atoms with Crippen LogP contribution in [0.1, 0.15) is 49.0 Å². The zero-order valence-electron chi connectivity index (χ0n) is 11.7. The molecule has 114 valence electrons. The van der Waals surface area contributed by atoms with Crippen LogP contribution in [-0.2, 0) is 4.79 Å². The maximum Gasteiger partial charge on any atom is 0.311 e. The molecule has 1 aromatic heterocycles. The second kappa shape index (κ2) is 6.51. The molecular formula is C14H19N3O4. The maximum absolute atomic E-state index is 12.0. The van der Waals surface area contributed by atoms with Gasteiger partial charge in [0.25, 0.3) is 11.5 Å². The quantitative estimate of drug-likeness (QED) is 0.715. The fraction of sp³-hybridized carbons (Fsp3) is 0.571. The highest BCUT2D eigenvalue weighted by atomic mass is 16.4. The molecule has 0 unspecified atom stereocenters. The molecule has 0 saturated heterocycles. The summed E-state index contributed by atoms with van der Waals surface area (Å²) in [5, 5.41) is 18.0. The van der Waals surface area contributed by atoms with Crippen molar-refractivity contribution in [3.05, 3.63) is 28.2 Å². The normalized spacial score (nSPS) is 17.7. The number of nitrogens with one attached hydrogen (secondary N) is 2. The Morgan fingerprint density at radius 2 is 1.90 bits per heavy atom. The second-order valence-electron chi connectivity index (χ2n) is 5.49. The number of nitrogens with zero attached hydrogens (tertiary/aromatic N) is 1. The van der Waals surface area contributed by atoms with Gasteiger partial charge in [0, 0.05) is 12.6 Å². The van der Waals surface area contributed by atoms with Crippen molar-refractivity contribution in [1.29, 1.82) is 0 Å². The smallest absolute Gasteiger partial charge is 0.311 e. The molecule has 1 aliphatic carbocycles. The monoisotopic (exact) mass is 293 g/mol. The van der Waals surface area contributed by atoms with E-state index in [1.54, 1.807) is 0 Å². The van der Waals surface area contributed by atoms with Gasteiger partial charge in [-0.05, 0) is 18.9 Å². The standard InChI is InChI=1S/C14H19N3O4/c18-11-6-5-10(16-17-11)12(19)15-9-14(13(20)21)7-3-1-2-4-8-14/h5-6H,1-4,7-9H2,(H,15,19)(H,17,18)(H,20,21). The van der Waals surface area contributed by atoms with Crippen molar-refractivity contribution in [2.45, 2.75) is 38.5 Å². The lowest BCUT2D eigenvalue weighted by Gasteiger charge is -2.28. The Labute approximate surface area is 121 Å². The number of carboxylic acid groups (broad SMARTS) is 1. The molecule has 1 saturated carbocycles. The summed E-state index contributed by atoms with van der Waals surface area (Å²) in [7, 11) is 0. The van der Waals surface area contributed by atoms with Crippen LogP contribution >= 0.6 is 0 Å². The minimum Gasteiger partial charge on any atom is -0.481 e. The van der Waals surface area contributed by atoms with E-state index in [-0.39, 0.29) is 12.2 Å². The minimum absolute atomic E-state index is 0.0729. The number of aromatic amines is 1. The van der Waals surface area contributed by atoms with Gasteiger partial charge < -0.3 is 10.4 Å². The van der Waals surface area contributed by atoms with Gasteiger partial charge in [0.1, 0.15) is 5.69 Å². The van der Waals surface area contributed by atoms with Gasteiger partial charge in [-0.3, -0.25) is 14.4 Å². The molecule has 0 aromatic carbocycles. The van der Waals surface area contributed by atoms with E-state index in [0.717, 1.165) is 25.7 Å². The summed E-state index contributed by atoms with van der Waals surface area (Å²) in [6.07, 6.45) is 4.93. The average molecular weight is 293 g/mol. The van der Waals surface area contributed by atoms with Gasteiger partial charge in [-0.25, -0.2) is 5.10 Å². The molecule has 0 atom stereocenters. The summed E-state index contributed by atoms with van der Waals surface area (Å²) >= 11 is 0. The number of aromatic nitrogens is 2. The van der Waals surface area contributed by atoms with Crippen LogP contribution in [0.25, 0.3) is 0 Å². The Balaban J connectivity index is 2.04. The zero-order valence-corrected chi connectivity index (χ0v) is 11.7. The Morgan fingerprint density at radius 1 is 1.24 bits per heavy atom. The molecule has 1 heterocycles. The maximum atomic E-state index is 12.0. The molecular weight excluding hydrogens is 274 g/mol. The highest BCUT2D eigenvalue weighted by molar-refractivity contribution is 5.92. The van der Waals surface area contributed by atoms with E-state index in [1.165, 1.54) is 12.1 Å². The first kappa shape index (κ1) is 15.2. The predicted molar refractivity (Wildman–Crippen MR) is 75.0 cm³/mol. The van der Waals surface area contributed by atoms with Gasteiger partial charge in [-0.1, -0.05) is 25.7 Å². The van der Waals surface area contributed by atoms with Crippen molar-refractivity contribution >= 4 is 11.9 Å². The van der Waals surface area contributed by atoms with Gasteiger partial charge in [-0.15, -0.1) is 0 Å². The summed E-state index contributed by atoms with van der Waals surface area (Å²) in [4.78, 5) is 34.5. The summed E-state index contributed by atoms with van der Waals surface area (Å²) < 4.78 is 0. The number of amides is 1. The summed E-state index contributed by atoms with van der Waals surface area (Å²) in [6, 6.07) is 2.52. The molecule has 7 nitrogen and oxygen atoms in total. The lowest BCUT2D eigenvalue weighted by molar-refractivity contribution is -0.149. The molecule has 0 aliphatic heterocycles. The highest BCUT2D eigenvalue weighted by Crippen LogP contribution is 2.34. The first-order valence-corrected chi connectivity index (χ1v) is 7.11. The number of H-pyrrole nitrogens is 1. The lowest BCUT2D eigenvalue weighted by atomic mass is 9.80. The molecule has 21 heavy (non-hydrogen) atoms. The van der Waals surface area contributed by atoms with E-state index >= 15 is 0 Å². The Morgan fingerprint density at radius 3 is 2.43 bits per heavy atom. The molecule has 2 rings (SSSR count). The van der Waals surface area contributed by atoms with Gasteiger partial charge in [0.2, 0.25) is 0 Å². The number of hydrogen-bond donors (Lipinski definition) is 3. The Bertz CT molecular complexity index is 553. The summed E-state index contributed by atoms with van der Waals surface area (Å²) in [5.41, 5.74) is -1.21. The second-order valence-corrected chi connectivity index (χ2v) is 5.49. The number of carbonyl (C=O) groups excluding carboxylic acids is 1. The molecule has 1 amide bonds. The molecule has 0 bridgehead atoms. The molecule has 1 fully saturated rings. The van der Waals surface area contributed by atoms with Crippen molar-refractivity contribution in [1.82, 2.24) is 15.5 Å². The molecule has 1 aromatic rings. The lowest BCUT2D eigenvalue weighted by Crippen LogP contribution is -2.43. The van der Waals surface area contributed by atoms with Gasteiger partial charge in [-0.2, -0.15) is 5.10 Å². The highest BCUT2D eigenvalue weighted by Gasteiger charge is 2.39. The largest absolute Gasteiger partial charge is 0.481 e. The van der Waals surface area contributed by atoms with Crippen LogP contribution in [0.15, 0.2) is 16.9 Å². The van der Waals surface area contributed by atoms with Crippen molar-refractivity contribution in [2.24, 2.45) is 5.41 Å². The third-order valence-electron chi connectivity index (χ3n) is 4.01. The Kier molecular flexibility index (Phi) is 4.72.